The van der Waals surface area contributed by atoms with Gasteiger partial charge in [0.2, 0.25) is 0 Å². The fraction of sp³-hybridized carbons (Fsp3) is 0.381. The SMILES string of the molecule is [2H]C1([2H])N(c2ccn3ncc(NC(=O)N4C([2H])([2H])C([2H])([2H])[C@]([2H])(O)C4([2H])[2H])c3n2)[C@@]([2H])(c2cc(F)ccc2F)C([2H])([2H])C1([2H])[2H]. The summed E-state index contributed by atoms with van der Waals surface area (Å²) in [6, 6.07) is -2.52. The van der Waals surface area contributed by atoms with E-state index in [4.69, 9.17) is 19.2 Å². The standard InChI is InChI=1S/C21H22F2N6O2/c22-13-3-4-16(23)15(10-13)18-2-1-7-28(18)19-6-9-29-20(26-19)17(11-24-29)25-21(31)27-8-5-14(30)12-27/h3-4,6,9-11,14,18,30H,1-2,5,7-8,12H2,(H,25,31)/t14-,18+/m0/s1/i1D2,2D2,5D2,7D2,8D2,12D2,14D,18D. The van der Waals surface area contributed by atoms with Crippen molar-refractivity contribution >= 4 is 23.2 Å². The van der Waals surface area contributed by atoms with E-state index in [1.165, 1.54) is 0 Å². The minimum absolute atomic E-state index is 0.156. The Hall–Kier alpha value is -3.27. The van der Waals surface area contributed by atoms with Crippen LogP contribution in [0.3, 0.4) is 0 Å². The quantitative estimate of drug-likeness (QED) is 0.651. The number of nitrogens with one attached hydrogen (secondary N) is 1. The normalized spacial score (nSPS) is 42.4. The van der Waals surface area contributed by atoms with Gasteiger partial charge in [-0.2, -0.15) is 5.10 Å². The molecule has 0 bridgehead atoms. The van der Waals surface area contributed by atoms with Gasteiger partial charge in [-0.05, 0) is 43.4 Å². The Labute approximate surface area is 196 Å². The molecule has 0 unspecified atom stereocenters. The van der Waals surface area contributed by atoms with E-state index in [9.17, 15) is 14.3 Å². The van der Waals surface area contributed by atoms with Gasteiger partial charge < -0.3 is 20.2 Å². The van der Waals surface area contributed by atoms with Crippen LogP contribution in [0, 0.1) is 11.6 Å². The zero-order valence-electron chi connectivity index (χ0n) is 29.3. The van der Waals surface area contributed by atoms with Crippen LogP contribution in [0.25, 0.3) is 5.65 Å². The van der Waals surface area contributed by atoms with E-state index < -0.39 is 91.1 Å². The monoisotopic (exact) mass is 442 g/mol. The maximum Gasteiger partial charge on any atom is 0.322 e. The van der Waals surface area contributed by atoms with E-state index in [1.54, 1.807) is 0 Å². The molecule has 162 valence electrons. The summed E-state index contributed by atoms with van der Waals surface area (Å²) >= 11 is 0. The Morgan fingerprint density at radius 3 is 2.97 bits per heavy atom. The van der Waals surface area contributed by atoms with Crippen LogP contribution in [-0.4, -0.2) is 56.2 Å². The molecule has 1 aromatic carbocycles. The number of β-amino-alcohol motifs (C(OH)–C–C–N with tert-alkyl or cyclic N) is 1. The van der Waals surface area contributed by atoms with Crippen molar-refractivity contribution in [2.45, 2.75) is 31.2 Å². The lowest BCUT2D eigenvalue weighted by atomic mass is 10.0. The number of likely N-dealkylation sites (tertiary alicyclic amines) is 1. The molecular weight excluding hydrogens is 406 g/mol. The lowest BCUT2D eigenvalue weighted by Gasteiger charge is -2.26. The summed E-state index contributed by atoms with van der Waals surface area (Å²) < 4.78 is 145. The number of urea groups is 1. The molecule has 10 heteroatoms. The van der Waals surface area contributed by atoms with Crippen molar-refractivity contribution in [1.82, 2.24) is 19.5 Å². The minimum atomic E-state index is -3.78. The number of nitrogens with zero attached hydrogens (tertiary/aromatic N) is 5. The summed E-state index contributed by atoms with van der Waals surface area (Å²) in [4.78, 5) is 17.0. The van der Waals surface area contributed by atoms with Gasteiger partial charge in [0.1, 0.15) is 23.1 Å². The molecule has 2 aliphatic rings. The minimum Gasteiger partial charge on any atom is -0.391 e. The molecule has 2 atom stereocenters. The first-order chi connectivity index (χ1) is 20.2. The lowest BCUT2D eigenvalue weighted by molar-refractivity contribution is 0.176. The first-order valence-corrected chi connectivity index (χ1v) is 8.68. The molecule has 31 heavy (non-hydrogen) atoms. The highest BCUT2D eigenvalue weighted by atomic mass is 19.1. The predicted octanol–water partition coefficient (Wildman–Crippen LogP) is 2.95. The number of fused-ring (bicyclic) bond motifs is 1. The summed E-state index contributed by atoms with van der Waals surface area (Å²) in [5, 5.41) is 16.1. The largest absolute Gasteiger partial charge is 0.391 e. The van der Waals surface area contributed by atoms with Gasteiger partial charge in [0, 0.05) is 45.0 Å². The van der Waals surface area contributed by atoms with Crippen LogP contribution < -0.4 is 10.2 Å². The molecule has 2 aliphatic heterocycles. The Morgan fingerprint density at radius 1 is 1.29 bits per heavy atom. The fourth-order valence-corrected chi connectivity index (χ4v) is 2.91. The van der Waals surface area contributed by atoms with E-state index in [1.807, 2.05) is 5.32 Å². The van der Waals surface area contributed by atoms with Gasteiger partial charge in [-0.1, -0.05) is 0 Å². The van der Waals surface area contributed by atoms with Crippen LogP contribution >= 0.6 is 0 Å². The predicted molar refractivity (Wildman–Crippen MR) is 110 cm³/mol. The highest BCUT2D eigenvalue weighted by Crippen LogP contribution is 2.37. The summed E-state index contributed by atoms with van der Waals surface area (Å²) in [6.45, 7) is -10.7. The fourth-order valence-electron chi connectivity index (χ4n) is 2.91. The van der Waals surface area contributed by atoms with Gasteiger partial charge in [-0.3, -0.25) is 0 Å². The zero-order chi connectivity index (χ0) is 34.1. The second-order valence-electron chi connectivity index (χ2n) is 6.24. The van der Waals surface area contributed by atoms with Crippen LogP contribution in [0.15, 0.2) is 36.7 Å². The molecule has 2 aromatic heterocycles. The number of carbonyl (C=O) groups excluding carboxylic acids is 1. The number of aromatic nitrogens is 3. The molecule has 0 radical (unpaired) electrons. The Bertz CT molecular complexity index is 1710. The van der Waals surface area contributed by atoms with Gasteiger partial charge >= 0.3 is 6.03 Å². The second-order valence-corrected chi connectivity index (χ2v) is 6.24. The summed E-state index contributed by atoms with van der Waals surface area (Å²) in [5.74, 6) is -3.25. The number of hydrogen-bond donors (Lipinski definition) is 2. The van der Waals surface area contributed by atoms with E-state index in [0.29, 0.717) is 18.2 Å². The second kappa shape index (κ2) is 7.77. The molecule has 3 aromatic rings. The van der Waals surface area contributed by atoms with Crippen molar-refractivity contribution in [2.75, 3.05) is 29.7 Å². The van der Waals surface area contributed by atoms with Gasteiger partial charge in [0.25, 0.3) is 0 Å². The van der Waals surface area contributed by atoms with Crippen molar-refractivity contribution in [3.63, 3.8) is 0 Å². The topological polar surface area (TPSA) is 86.0 Å². The maximum absolute atomic E-state index is 15.1. The third-order valence-corrected chi connectivity index (χ3v) is 4.29. The van der Waals surface area contributed by atoms with Crippen LogP contribution in [0.5, 0.6) is 0 Å². The number of benzene rings is 1. The molecule has 2 N–H and O–H groups in total. The number of rotatable bonds is 3. The van der Waals surface area contributed by atoms with Crippen molar-refractivity contribution < 1.29 is 37.9 Å². The number of aliphatic hydroxyl groups is 1. The molecule has 2 amide bonds. The summed E-state index contributed by atoms with van der Waals surface area (Å²) in [6.07, 6.45) is -12.7. The third kappa shape index (κ3) is 3.67. The smallest absolute Gasteiger partial charge is 0.322 e. The Balaban J connectivity index is 1.65. The van der Waals surface area contributed by atoms with Crippen molar-refractivity contribution in [3.8, 4) is 0 Å². The molecule has 0 aliphatic carbocycles. The third-order valence-electron chi connectivity index (χ3n) is 4.29. The summed E-state index contributed by atoms with van der Waals surface area (Å²) in [7, 11) is 0. The zero-order valence-corrected chi connectivity index (χ0v) is 15.3. The average molecular weight is 443 g/mol. The number of halogens is 2. The van der Waals surface area contributed by atoms with E-state index in [0.717, 1.165) is 23.0 Å². The lowest BCUT2D eigenvalue weighted by Crippen LogP contribution is -2.33. The van der Waals surface area contributed by atoms with Crippen molar-refractivity contribution in [1.29, 1.82) is 0 Å². The highest BCUT2D eigenvalue weighted by Gasteiger charge is 2.30. The Morgan fingerprint density at radius 2 is 2.16 bits per heavy atom. The van der Waals surface area contributed by atoms with Gasteiger partial charge in [0.05, 0.1) is 23.8 Å². The summed E-state index contributed by atoms with van der Waals surface area (Å²) in [5.41, 5.74) is -2.04. The number of carbonyl (C=O) groups is 1. The Kier molecular flexibility index (Phi) is 2.37. The molecule has 0 spiro atoms. The van der Waals surface area contributed by atoms with Crippen molar-refractivity contribution in [2.24, 2.45) is 0 Å². The van der Waals surface area contributed by atoms with E-state index in [-0.39, 0.29) is 9.80 Å². The number of anilines is 2. The van der Waals surface area contributed by atoms with Crippen molar-refractivity contribution in [3.05, 3.63) is 53.9 Å². The molecule has 5 rings (SSSR count). The maximum atomic E-state index is 15.1. The van der Waals surface area contributed by atoms with Crippen LogP contribution in [0.4, 0.5) is 25.1 Å². The highest BCUT2D eigenvalue weighted by molar-refractivity contribution is 5.93. The van der Waals surface area contributed by atoms with E-state index >= 15 is 4.39 Å². The molecule has 0 saturated carbocycles. The molecule has 2 fully saturated rings. The van der Waals surface area contributed by atoms with Gasteiger partial charge in [0.15, 0.2) is 5.65 Å². The number of amides is 2. The van der Waals surface area contributed by atoms with Crippen LogP contribution in [-0.2, 0) is 0 Å². The molecule has 8 nitrogen and oxygen atoms in total. The molecule has 4 heterocycles. The van der Waals surface area contributed by atoms with Crippen LogP contribution in [0.2, 0.25) is 0 Å². The number of hydrogen-bond acceptors (Lipinski definition) is 5. The average Bonchev–Trinajstić information content (AvgIpc) is 3.35. The molecule has 2 saturated heterocycles. The van der Waals surface area contributed by atoms with E-state index in [2.05, 4.69) is 10.1 Å². The van der Waals surface area contributed by atoms with Gasteiger partial charge in [-0.15, -0.1) is 0 Å². The van der Waals surface area contributed by atoms with Crippen LogP contribution in [0.1, 0.15) is 49.9 Å². The first kappa shape index (κ1) is 9.47. The molecular formula is C21H22F2N6O2. The first-order valence-electron chi connectivity index (χ1n) is 15.7. The van der Waals surface area contributed by atoms with Gasteiger partial charge in [-0.25, -0.2) is 23.1 Å².